The van der Waals surface area contributed by atoms with Crippen LogP contribution in [0.3, 0.4) is 0 Å². The monoisotopic (exact) mass is 445 g/mol. The molecular formula is C25H23N3O5. The second-order valence-corrected chi connectivity index (χ2v) is 7.17. The third-order valence-electron chi connectivity index (χ3n) is 4.95. The minimum Gasteiger partial charge on any atom is -0.493 e. The van der Waals surface area contributed by atoms with Gasteiger partial charge in [-0.15, -0.1) is 0 Å². The van der Waals surface area contributed by atoms with Gasteiger partial charge in [-0.1, -0.05) is 18.2 Å². The number of anilines is 1. The molecule has 1 N–H and O–H groups in total. The molecule has 2 aromatic carbocycles. The Hall–Kier alpha value is -4.33. The number of aryl methyl sites for hydroxylation is 1. The molecule has 0 radical (unpaired) electrons. The first-order valence-electron chi connectivity index (χ1n) is 10.1. The molecule has 2 aromatic heterocycles. The summed E-state index contributed by atoms with van der Waals surface area (Å²) in [5.41, 5.74) is 2.35. The number of nitrogens with one attached hydrogen (secondary N) is 1. The number of aromatic nitrogens is 1. The summed E-state index contributed by atoms with van der Waals surface area (Å²) >= 11 is 0. The molecule has 33 heavy (non-hydrogen) atoms. The third-order valence-corrected chi connectivity index (χ3v) is 4.95. The number of benzene rings is 2. The lowest BCUT2D eigenvalue weighted by Crippen LogP contribution is -2.22. The topological polar surface area (TPSA) is 95.2 Å². The fraction of sp³-hybridized carbons (Fsp3) is 0.160. The van der Waals surface area contributed by atoms with Gasteiger partial charge in [0, 0.05) is 17.6 Å². The zero-order valence-corrected chi connectivity index (χ0v) is 18.7. The number of hydrogen-bond donors (Lipinski definition) is 1. The molecule has 0 unspecified atom stereocenters. The fourth-order valence-corrected chi connectivity index (χ4v) is 3.27. The van der Waals surface area contributed by atoms with Gasteiger partial charge >= 0.3 is 0 Å². The first-order chi connectivity index (χ1) is 16.0. The molecule has 0 aliphatic rings. The van der Waals surface area contributed by atoms with Crippen molar-refractivity contribution in [3.05, 3.63) is 77.5 Å². The summed E-state index contributed by atoms with van der Waals surface area (Å²) < 4.78 is 22.2. The van der Waals surface area contributed by atoms with E-state index in [1.165, 1.54) is 0 Å². The van der Waals surface area contributed by atoms with Gasteiger partial charge in [-0.3, -0.25) is 4.79 Å². The van der Waals surface area contributed by atoms with Crippen molar-refractivity contribution in [3.63, 3.8) is 0 Å². The first-order valence-corrected chi connectivity index (χ1v) is 10.1. The maximum Gasteiger partial charge on any atom is 0.262 e. The number of pyridine rings is 1. The van der Waals surface area contributed by atoms with Crippen LogP contribution in [0.5, 0.6) is 17.2 Å². The molecule has 168 valence electrons. The van der Waals surface area contributed by atoms with Crippen molar-refractivity contribution in [1.29, 1.82) is 0 Å². The van der Waals surface area contributed by atoms with E-state index in [2.05, 4.69) is 15.3 Å². The van der Waals surface area contributed by atoms with Crippen LogP contribution in [0.25, 0.3) is 11.0 Å². The van der Waals surface area contributed by atoms with E-state index < -0.39 is 5.91 Å². The smallest absolute Gasteiger partial charge is 0.262 e. The van der Waals surface area contributed by atoms with Crippen LogP contribution < -0.4 is 25.1 Å². The minimum atomic E-state index is -0.404. The van der Waals surface area contributed by atoms with Crippen LogP contribution in [0.2, 0.25) is 0 Å². The average molecular weight is 445 g/mol. The van der Waals surface area contributed by atoms with Gasteiger partial charge in [0.1, 0.15) is 11.4 Å². The van der Waals surface area contributed by atoms with Gasteiger partial charge in [0.2, 0.25) is 5.55 Å². The molecule has 0 aliphatic heterocycles. The number of para-hydroxylation sites is 1. The lowest BCUT2D eigenvalue weighted by molar-refractivity contribution is 0.102. The van der Waals surface area contributed by atoms with Gasteiger partial charge in [0.15, 0.2) is 22.8 Å². The van der Waals surface area contributed by atoms with Crippen LogP contribution in [-0.2, 0) is 0 Å². The summed E-state index contributed by atoms with van der Waals surface area (Å²) in [6.45, 7) is 1.92. The number of fused-ring (bicyclic) bond motifs is 1. The molecule has 0 aliphatic carbocycles. The lowest BCUT2D eigenvalue weighted by Gasteiger charge is -2.09. The molecule has 0 spiro atoms. The van der Waals surface area contributed by atoms with Gasteiger partial charge in [-0.2, -0.15) is 0 Å². The Balaban J connectivity index is 1.87. The molecule has 2 heterocycles. The molecule has 0 atom stereocenters. The van der Waals surface area contributed by atoms with E-state index in [9.17, 15) is 4.79 Å². The number of rotatable bonds is 6. The molecule has 8 heteroatoms. The van der Waals surface area contributed by atoms with E-state index in [-0.39, 0.29) is 11.1 Å². The molecule has 1 amide bonds. The maximum absolute atomic E-state index is 13.2. The second kappa shape index (κ2) is 9.44. The SMILES string of the molecule is COc1ccc(N=c2oc3c(OC)cccc3cc2C(=O)Nc2ccc(C)cn2)cc1OC. The van der Waals surface area contributed by atoms with Crippen LogP contribution >= 0.6 is 0 Å². The number of methoxy groups -OCH3 is 3. The number of amides is 1. The largest absolute Gasteiger partial charge is 0.493 e. The van der Waals surface area contributed by atoms with Crippen LogP contribution in [-0.4, -0.2) is 32.2 Å². The zero-order chi connectivity index (χ0) is 23.4. The Morgan fingerprint density at radius 1 is 0.939 bits per heavy atom. The number of ether oxygens (including phenoxy) is 3. The molecule has 0 fully saturated rings. The van der Waals surface area contributed by atoms with Crippen molar-refractivity contribution in [2.75, 3.05) is 26.6 Å². The Labute approximate surface area is 190 Å². The van der Waals surface area contributed by atoms with Crippen LogP contribution in [0.4, 0.5) is 11.5 Å². The van der Waals surface area contributed by atoms with E-state index in [1.54, 1.807) is 63.9 Å². The predicted molar refractivity (Wildman–Crippen MR) is 124 cm³/mol. The lowest BCUT2D eigenvalue weighted by atomic mass is 10.1. The highest BCUT2D eigenvalue weighted by atomic mass is 16.5. The average Bonchev–Trinajstić information content (AvgIpc) is 2.84. The second-order valence-electron chi connectivity index (χ2n) is 7.17. The molecular weight excluding hydrogens is 422 g/mol. The van der Waals surface area contributed by atoms with Crippen LogP contribution in [0.15, 0.2) is 70.2 Å². The highest BCUT2D eigenvalue weighted by molar-refractivity contribution is 6.05. The van der Waals surface area contributed by atoms with E-state index in [0.29, 0.717) is 39.7 Å². The van der Waals surface area contributed by atoms with Crippen molar-refractivity contribution in [3.8, 4) is 17.2 Å². The minimum absolute atomic E-state index is 0.115. The Kier molecular flexibility index (Phi) is 6.26. The van der Waals surface area contributed by atoms with E-state index >= 15 is 0 Å². The maximum atomic E-state index is 13.2. The van der Waals surface area contributed by atoms with E-state index in [1.807, 2.05) is 25.1 Å². The fourth-order valence-electron chi connectivity index (χ4n) is 3.27. The van der Waals surface area contributed by atoms with Crippen molar-refractivity contribution < 1.29 is 23.4 Å². The molecule has 4 aromatic rings. The molecule has 0 saturated carbocycles. The molecule has 0 saturated heterocycles. The van der Waals surface area contributed by atoms with Crippen molar-refractivity contribution in [2.45, 2.75) is 6.92 Å². The van der Waals surface area contributed by atoms with E-state index in [0.717, 1.165) is 5.56 Å². The standard InChI is InChI=1S/C25H23N3O5/c1-15-8-11-22(26-14-15)28-24(29)18-12-16-6-5-7-20(31-3)23(16)33-25(18)27-17-9-10-19(30-2)21(13-17)32-4/h5-14H,1-4H3,(H,26,28,29). The van der Waals surface area contributed by atoms with Gasteiger partial charge in [0.25, 0.3) is 5.91 Å². The first kappa shape index (κ1) is 21.9. The number of carbonyl (C=O) groups excluding carboxylic acids is 1. The summed E-state index contributed by atoms with van der Waals surface area (Å²) in [6.07, 6.45) is 1.68. The van der Waals surface area contributed by atoms with Crippen LogP contribution in [0.1, 0.15) is 15.9 Å². The number of hydrogen-bond acceptors (Lipinski definition) is 7. The predicted octanol–water partition coefficient (Wildman–Crippen LogP) is 4.65. The Morgan fingerprint density at radius 3 is 2.42 bits per heavy atom. The summed E-state index contributed by atoms with van der Waals surface area (Å²) in [7, 11) is 4.65. The normalized spacial score (nSPS) is 11.3. The summed E-state index contributed by atoms with van der Waals surface area (Å²) in [6, 6.07) is 15.9. The third kappa shape index (κ3) is 4.64. The summed E-state index contributed by atoms with van der Waals surface area (Å²) in [4.78, 5) is 22.0. The van der Waals surface area contributed by atoms with Crippen molar-refractivity contribution in [1.82, 2.24) is 4.98 Å². The van der Waals surface area contributed by atoms with Crippen molar-refractivity contribution in [2.24, 2.45) is 4.99 Å². The highest BCUT2D eigenvalue weighted by Gasteiger charge is 2.16. The zero-order valence-electron chi connectivity index (χ0n) is 18.7. The molecule has 0 bridgehead atoms. The molecule has 8 nitrogen and oxygen atoms in total. The quantitative estimate of drug-likeness (QED) is 0.464. The van der Waals surface area contributed by atoms with Gasteiger partial charge in [-0.05, 0) is 42.8 Å². The van der Waals surface area contributed by atoms with Gasteiger partial charge in [0.05, 0.1) is 27.0 Å². The van der Waals surface area contributed by atoms with Gasteiger partial charge in [-0.25, -0.2) is 9.98 Å². The Morgan fingerprint density at radius 2 is 1.73 bits per heavy atom. The highest BCUT2D eigenvalue weighted by Crippen LogP contribution is 2.31. The summed E-state index contributed by atoms with van der Waals surface area (Å²) in [5, 5.41) is 3.50. The van der Waals surface area contributed by atoms with E-state index in [4.69, 9.17) is 18.6 Å². The number of nitrogens with zero attached hydrogens (tertiary/aromatic N) is 2. The van der Waals surface area contributed by atoms with Crippen LogP contribution in [0, 0.1) is 6.92 Å². The number of carbonyl (C=O) groups is 1. The Bertz CT molecular complexity index is 1380. The van der Waals surface area contributed by atoms with Crippen molar-refractivity contribution >= 4 is 28.4 Å². The summed E-state index contributed by atoms with van der Waals surface area (Å²) in [5.74, 6) is 1.62. The molecule has 4 rings (SSSR count). The van der Waals surface area contributed by atoms with Gasteiger partial charge < -0.3 is 23.9 Å².